The fourth-order valence-electron chi connectivity index (χ4n) is 2.18. The molecule has 0 bridgehead atoms. The van der Waals surface area contributed by atoms with Crippen LogP contribution in [0.25, 0.3) is 16.9 Å². The lowest BCUT2D eigenvalue weighted by molar-refractivity contribution is 0.948. The van der Waals surface area contributed by atoms with Gasteiger partial charge in [0.1, 0.15) is 5.82 Å². The Labute approximate surface area is 138 Å². The molecule has 3 heterocycles. The zero-order valence-corrected chi connectivity index (χ0v) is 13.7. The highest BCUT2D eigenvalue weighted by Crippen LogP contribution is 2.27. The smallest absolute Gasteiger partial charge is 0.188 e. The van der Waals surface area contributed by atoms with Crippen molar-refractivity contribution < 1.29 is 0 Å². The van der Waals surface area contributed by atoms with Crippen LogP contribution in [0.1, 0.15) is 0 Å². The molecule has 0 fully saturated rings. The lowest BCUT2D eigenvalue weighted by Crippen LogP contribution is -2.02. The third kappa shape index (κ3) is 2.38. The van der Waals surface area contributed by atoms with E-state index in [2.05, 4.69) is 31.3 Å². The highest BCUT2D eigenvalue weighted by Gasteiger charge is 2.12. The predicted octanol–water partition coefficient (Wildman–Crippen LogP) is 4.36. The van der Waals surface area contributed by atoms with Crippen LogP contribution >= 0.6 is 27.3 Å². The number of rotatable bonds is 3. The van der Waals surface area contributed by atoms with Crippen molar-refractivity contribution in [1.82, 2.24) is 19.6 Å². The Morgan fingerprint density at radius 1 is 1.18 bits per heavy atom. The summed E-state index contributed by atoms with van der Waals surface area (Å²) in [5, 5.41) is 10.4. The number of fused-ring (bicyclic) bond motifs is 1. The fourth-order valence-corrected chi connectivity index (χ4v) is 3.06. The molecule has 0 saturated carbocycles. The molecule has 4 rings (SSSR count). The molecule has 3 aromatic heterocycles. The van der Waals surface area contributed by atoms with Crippen LogP contribution in [0.15, 0.2) is 58.6 Å². The number of anilines is 2. The van der Waals surface area contributed by atoms with E-state index in [1.807, 2.05) is 41.8 Å². The Morgan fingerprint density at radius 2 is 2.05 bits per heavy atom. The summed E-state index contributed by atoms with van der Waals surface area (Å²) in [5.74, 6) is 0.824. The Morgan fingerprint density at radius 3 is 2.82 bits per heavy atom. The molecular formula is C15H10BrN5S. The number of benzene rings is 1. The van der Waals surface area contributed by atoms with Crippen molar-refractivity contribution in [2.24, 2.45) is 0 Å². The molecule has 0 unspecified atom stereocenters. The number of thiazole rings is 1. The maximum Gasteiger partial charge on any atom is 0.188 e. The molecule has 22 heavy (non-hydrogen) atoms. The van der Waals surface area contributed by atoms with Crippen molar-refractivity contribution in [1.29, 1.82) is 0 Å². The predicted molar refractivity (Wildman–Crippen MR) is 91.5 cm³/mol. The van der Waals surface area contributed by atoms with Gasteiger partial charge in [0.05, 0.1) is 16.4 Å². The second-order valence-electron chi connectivity index (χ2n) is 4.58. The molecule has 0 aliphatic carbocycles. The molecule has 1 N–H and O–H groups in total. The highest BCUT2D eigenvalue weighted by molar-refractivity contribution is 9.10. The van der Waals surface area contributed by atoms with Gasteiger partial charge in [-0.15, -0.1) is 11.3 Å². The van der Waals surface area contributed by atoms with E-state index >= 15 is 0 Å². The van der Waals surface area contributed by atoms with Crippen LogP contribution in [0, 0.1) is 0 Å². The van der Waals surface area contributed by atoms with Crippen LogP contribution < -0.4 is 5.32 Å². The SMILES string of the molecule is Brc1cnn2c(Nc3nccs3)cc(-c3ccccc3)nc12. The summed E-state index contributed by atoms with van der Waals surface area (Å²) in [7, 11) is 0. The maximum atomic E-state index is 4.69. The molecule has 0 radical (unpaired) electrons. The summed E-state index contributed by atoms with van der Waals surface area (Å²) in [6.07, 6.45) is 3.51. The lowest BCUT2D eigenvalue weighted by atomic mass is 10.1. The average molecular weight is 372 g/mol. The minimum atomic E-state index is 0.764. The second-order valence-corrected chi connectivity index (χ2v) is 6.33. The zero-order chi connectivity index (χ0) is 14.9. The molecular weight excluding hydrogens is 362 g/mol. The minimum Gasteiger partial charge on any atom is -0.316 e. The zero-order valence-electron chi connectivity index (χ0n) is 11.3. The maximum absolute atomic E-state index is 4.69. The first-order valence-electron chi connectivity index (χ1n) is 6.57. The Balaban J connectivity index is 1.90. The van der Waals surface area contributed by atoms with Gasteiger partial charge < -0.3 is 5.32 Å². The van der Waals surface area contributed by atoms with Gasteiger partial charge in [0.15, 0.2) is 10.8 Å². The topological polar surface area (TPSA) is 55.1 Å². The molecule has 1 aromatic carbocycles. The summed E-state index contributed by atoms with van der Waals surface area (Å²) in [6.45, 7) is 0. The van der Waals surface area contributed by atoms with Crippen molar-refractivity contribution in [3.8, 4) is 11.3 Å². The number of hydrogen-bond donors (Lipinski definition) is 1. The highest BCUT2D eigenvalue weighted by atomic mass is 79.9. The first-order chi connectivity index (χ1) is 10.8. The van der Waals surface area contributed by atoms with Gasteiger partial charge in [-0.2, -0.15) is 9.61 Å². The van der Waals surface area contributed by atoms with E-state index in [1.165, 1.54) is 11.3 Å². The van der Waals surface area contributed by atoms with Gasteiger partial charge in [0.2, 0.25) is 0 Å². The van der Waals surface area contributed by atoms with Crippen molar-refractivity contribution in [2.75, 3.05) is 5.32 Å². The van der Waals surface area contributed by atoms with Gasteiger partial charge in [-0.3, -0.25) is 0 Å². The van der Waals surface area contributed by atoms with Gasteiger partial charge >= 0.3 is 0 Å². The largest absolute Gasteiger partial charge is 0.316 e. The first-order valence-corrected chi connectivity index (χ1v) is 8.25. The van der Waals surface area contributed by atoms with Crippen molar-refractivity contribution in [3.63, 3.8) is 0 Å². The van der Waals surface area contributed by atoms with Crippen LogP contribution in [0.4, 0.5) is 10.9 Å². The summed E-state index contributed by atoms with van der Waals surface area (Å²) in [5.41, 5.74) is 2.70. The molecule has 7 heteroatoms. The van der Waals surface area contributed by atoms with Crippen LogP contribution in [0.3, 0.4) is 0 Å². The fraction of sp³-hybridized carbons (Fsp3) is 0. The van der Waals surface area contributed by atoms with Gasteiger partial charge in [-0.05, 0) is 15.9 Å². The Kier molecular flexibility index (Phi) is 3.36. The van der Waals surface area contributed by atoms with Gasteiger partial charge in [-0.1, -0.05) is 30.3 Å². The van der Waals surface area contributed by atoms with Gasteiger partial charge in [0.25, 0.3) is 0 Å². The van der Waals surface area contributed by atoms with Crippen LogP contribution in [0.5, 0.6) is 0 Å². The summed E-state index contributed by atoms with van der Waals surface area (Å²) < 4.78 is 2.62. The number of halogens is 1. The lowest BCUT2D eigenvalue weighted by Gasteiger charge is -2.09. The molecule has 0 amide bonds. The molecule has 0 aliphatic rings. The number of hydrogen-bond acceptors (Lipinski definition) is 5. The molecule has 4 aromatic rings. The average Bonchev–Trinajstić information content (AvgIpc) is 3.19. The second kappa shape index (κ2) is 5.51. The molecule has 0 spiro atoms. The van der Waals surface area contributed by atoms with E-state index in [-0.39, 0.29) is 0 Å². The van der Waals surface area contributed by atoms with Crippen LogP contribution in [0.2, 0.25) is 0 Å². The van der Waals surface area contributed by atoms with E-state index in [1.54, 1.807) is 16.9 Å². The van der Waals surface area contributed by atoms with E-state index in [0.717, 1.165) is 32.3 Å². The van der Waals surface area contributed by atoms with Crippen LogP contribution in [-0.4, -0.2) is 19.6 Å². The third-order valence-electron chi connectivity index (χ3n) is 3.17. The van der Waals surface area contributed by atoms with Crippen molar-refractivity contribution in [2.45, 2.75) is 0 Å². The third-order valence-corrected chi connectivity index (χ3v) is 4.41. The summed E-state index contributed by atoms with van der Waals surface area (Å²) in [6, 6.07) is 12.0. The van der Waals surface area contributed by atoms with Gasteiger partial charge in [-0.25, -0.2) is 9.97 Å². The quantitative estimate of drug-likeness (QED) is 0.581. The molecule has 108 valence electrons. The minimum absolute atomic E-state index is 0.764. The van der Waals surface area contributed by atoms with Gasteiger partial charge in [0, 0.05) is 23.2 Å². The number of nitrogens with zero attached hydrogens (tertiary/aromatic N) is 4. The van der Waals surface area contributed by atoms with Crippen molar-refractivity contribution in [3.05, 3.63) is 58.6 Å². The normalized spacial score (nSPS) is 11.0. The monoisotopic (exact) mass is 371 g/mol. The number of nitrogens with one attached hydrogen (secondary N) is 1. The Bertz CT molecular complexity index is 918. The first kappa shape index (κ1) is 13.4. The molecule has 0 aliphatic heterocycles. The molecule has 5 nitrogen and oxygen atoms in total. The van der Waals surface area contributed by atoms with Crippen molar-refractivity contribution >= 4 is 43.9 Å². The van der Waals surface area contributed by atoms with Crippen LogP contribution in [-0.2, 0) is 0 Å². The number of aromatic nitrogens is 4. The van der Waals surface area contributed by atoms with E-state index < -0.39 is 0 Å². The van der Waals surface area contributed by atoms with E-state index in [0.29, 0.717) is 0 Å². The summed E-state index contributed by atoms with van der Waals surface area (Å²) >= 11 is 5.04. The molecule has 0 saturated heterocycles. The Hall–Kier alpha value is -2.25. The standard InChI is InChI=1S/C15H10BrN5S/c16-11-9-18-21-13(20-15-17-6-7-22-15)8-12(19-14(11)21)10-4-2-1-3-5-10/h1-9H,(H,17,20). The van der Waals surface area contributed by atoms with E-state index in [4.69, 9.17) is 4.98 Å². The molecule has 0 atom stereocenters. The summed E-state index contributed by atoms with van der Waals surface area (Å²) in [4.78, 5) is 8.95. The van der Waals surface area contributed by atoms with E-state index in [9.17, 15) is 0 Å².